The van der Waals surface area contributed by atoms with Crippen molar-refractivity contribution in [1.82, 2.24) is 0 Å². The van der Waals surface area contributed by atoms with Crippen molar-refractivity contribution < 1.29 is 24.2 Å². The van der Waals surface area contributed by atoms with Crippen molar-refractivity contribution in [1.29, 1.82) is 0 Å². The summed E-state index contributed by atoms with van der Waals surface area (Å²) in [4.78, 5) is 21.3. The van der Waals surface area contributed by atoms with E-state index in [4.69, 9.17) is 4.74 Å². The topological polar surface area (TPSA) is 72.8 Å². The SMILES string of the molecule is C=CC(=O)OCCCCC(O)COC(=O)C=C. The van der Waals surface area contributed by atoms with Gasteiger partial charge in [0, 0.05) is 12.2 Å². The Morgan fingerprint density at radius 1 is 1.12 bits per heavy atom. The Hall–Kier alpha value is -1.62. The number of carbonyl (C=O) groups excluding carboxylic acids is 2. The van der Waals surface area contributed by atoms with Crippen molar-refractivity contribution >= 4 is 11.9 Å². The van der Waals surface area contributed by atoms with Crippen molar-refractivity contribution in [3.63, 3.8) is 0 Å². The summed E-state index contributed by atoms with van der Waals surface area (Å²) in [5.74, 6) is -1.01. The van der Waals surface area contributed by atoms with Crippen molar-refractivity contribution in [2.75, 3.05) is 13.2 Å². The lowest BCUT2D eigenvalue weighted by Crippen LogP contribution is -2.17. The number of unbranched alkanes of at least 4 members (excludes halogenated alkanes) is 1. The van der Waals surface area contributed by atoms with Crippen LogP contribution in [0.15, 0.2) is 25.3 Å². The highest BCUT2D eigenvalue weighted by molar-refractivity contribution is 5.81. The Morgan fingerprint density at radius 2 is 1.71 bits per heavy atom. The minimum absolute atomic E-state index is 0.0443. The lowest BCUT2D eigenvalue weighted by Gasteiger charge is -2.10. The second kappa shape index (κ2) is 9.59. The highest BCUT2D eigenvalue weighted by atomic mass is 16.5. The van der Waals surface area contributed by atoms with Gasteiger partial charge in [0.15, 0.2) is 0 Å². The Bertz CT molecular complexity index is 272. The largest absolute Gasteiger partial charge is 0.463 e. The molecule has 17 heavy (non-hydrogen) atoms. The van der Waals surface area contributed by atoms with Gasteiger partial charge in [-0.1, -0.05) is 13.2 Å². The normalized spacial score (nSPS) is 11.4. The number of hydrogen-bond acceptors (Lipinski definition) is 5. The van der Waals surface area contributed by atoms with Crippen molar-refractivity contribution in [3.8, 4) is 0 Å². The molecule has 0 rings (SSSR count). The van der Waals surface area contributed by atoms with Crippen LogP contribution in [0.2, 0.25) is 0 Å². The van der Waals surface area contributed by atoms with Gasteiger partial charge in [-0.05, 0) is 19.3 Å². The summed E-state index contributed by atoms with van der Waals surface area (Å²) in [6, 6.07) is 0. The molecule has 5 nitrogen and oxygen atoms in total. The summed E-state index contributed by atoms with van der Waals surface area (Å²) in [6.07, 6.45) is 3.25. The average Bonchev–Trinajstić information content (AvgIpc) is 2.34. The van der Waals surface area contributed by atoms with Gasteiger partial charge in [0.25, 0.3) is 0 Å². The highest BCUT2D eigenvalue weighted by Gasteiger charge is 2.06. The maximum atomic E-state index is 10.7. The van der Waals surface area contributed by atoms with E-state index < -0.39 is 18.0 Å². The van der Waals surface area contributed by atoms with Gasteiger partial charge >= 0.3 is 11.9 Å². The molecule has 96 valence electrons. The maximum Gasteiger partial charge on any atom is 0.330 e. The lowest BCUT2D eigenvalue weighted by molar-refractivity contribution is -0.141. The van der Waals surface area contributed by atoms with Crippen LogP contribution in [-0.2, 0) is 19.1 Å². The summed E-state index contributed by atoms with van der Waals surface area (Å²) in [5.41, 5.74) is 0. The molecule has 0 aromatic carbocycles. The molecule has 1 unspecified atom stereocenters. The van der Waals surface area contributed by atoms with E-state index in [2.05, 4.69) is 17.9 Å². The first-order valence-electron chi connectivity index (χ1n) is 5.36. The number of aliphatic hydroxyl groups is 1. The van der Waals surface area contributed by atoms with Gasteiger partial charge in [-0.2, -0.15) is 0 Å². The van der Waals surface area contributed by atoms with E-state index in [1.54, 1.807) is 0 Å². The second-order valence-corrected chi connectivity index (χ2v) is 3.36. The Morgan fingerprint density at radius 3 is 2.29 bits per heavy atom. The van der Waals surface area contributed by atoms with Gasteiger partial charge in [0.05, 0.1) is 12.7 Å². The summed E-state index contributed by atoms with van der Waals surface area (Å²) >= 11 is 0. The van der Waals surface area contributed by atoms with Crippen molar-refractivity contribution in [3.05, 3.63) is 25.3 Å². The smallest absolute Gasteiger partial charge is 0.330 e. The molecule has 1 atom stereocenters. The third kappa shape index (κ3) is 9.32. The Kier molecular flexibility index (Phi) is 8.68. The highest BCUT2D eigenvalue weighted by Crippen LogP contribution is 2.02. The summed E-state index contributed by atoms with van der Waals surface area (Å²) in [7, 11) is 0. The predicted molar refractivity (Wildman–Crippen MR) is 62.2 cm³/mol. The van der Waals surface area contributed by atoms with Crippen LogP contribution >= 0.6 is 0 Å². The van der Waals surface area contributed by atoms with Crippen LogP contribution in [-0.4, -0.2) is 36.4 Å². The molecule has 0 fully saturated rings. The lowest BCUT2D eigenvalue weighted by atomic mass is 10.2. The van der Waals surface area contributed by atoms with E-state index in [1.165, 1.54) is 0 Å². The molecule has 0 heterocycles. The van der Waals surface area contributed by atoms with Crippen LogP contribution < -0.4 is 0 Å². The standard InChI is InChI=1S/C12H18O5/c1-3-11(14)16-8-6-5-7-10(13)9-17-12(15)4-2/h3-4,10,13H,1-2,5-9H2. The number of hydrogen-bond donors (Lipinski definition) is 1. The van der Waals surface area contributed by atoms with Crippen LogP contribution in [0.5, 0.6) is 0 Å². The zero-order valence-corrected chi connectivity index (χ0v) is 9.76. The molecular formula is C12H18O5. The summed E-state index contributed by atoms with van der Waals surface area (Å²) in [5, 5.41) is 9.41. The molecule has 5 heteroatoms. The molecule has 1 N–H and O–H groups in total. The average molecular weight is 242 g/mol. The summed E-state index contributed by atoms with van der Waals surface area (Å²) < 4.78 is 9.41. The monoisotopic (exact) mass is 242 g/mol. The minimum atomic E-state index is -0.700. The number of carbonyl (C=O) groups is 2. The molecule has 0 saturated heterocycles. The first-order chi connectivity index (χ1) is 8.10. The maximum absolute atomic E-state index is 10.7. The summed E-state index contributed by atoms with van der Waals surface area (Å²) in [6.45, 7) is 6.75. The van der Waals surface area contributed by atoms with E-state index in [9.17, 15) is 14.7 Å². The molecule has 0 aliphatic carbocycles. The molecule has 0 aromatic heterocycles. The van der Waals surface area contributed by atoms with Gasteiger partial charge in [-0.25, -0.2) is 9.59 Å². The van der Waals surface area contributed by atoms with Crippen LogP contribution in [0.3, 0.4) is 0 Å². The van der Waals surface area contributed by atoms with Gasteiger partial charge in [-0.15, -0.1) is 0 Å². The third-order valence-electron chi connectivity index (χ3n) is 1.93. The second-order valence-electron chi connectivity index (χ2n) is 3.36. The molecule has 0 spiro atoms. The van der Waals surface area contributed by atoms with E-state index in [0.717, 1.165) is 12.2 Å². The Balaban J connectivity index is 3.41. The minimum Gasteiger partial charge on any atom is -0.463 e. The molecule has 0 bridgehead atoms. The number of aliphatic hydroxyl groups excluding tert-OH is 1. The molecular weight excluding hydrogens is 224 g/mol. The van der Waals surface area contributed by atoms with Crippen LogP contribution in [0.1, 0.15) is 19.3 Å². The van der Waals surface area contributed by atoms with Crippen molar-refractivity contribution in [2.24, 2.45) is 0 Å². The fraction of sp³-hybridized carbons (Fsp3) is 0.500. The predicted octanol–water partition coefficient (Wildman–Crippen LogP) is 0.976. The van der Waals surface area contributed by atoms with Gasteiger partial charge < -0.3 is 14.6 Å². The van der Waals surface area contributed by atoms with Crippen molar-refractivity contribution in [2.45, 2.75) is 25.4 Å². The van der Waals surface area contributed by atoms with Crippen LogP contribution in [0.25, 0.3) is 0 Å². The first kappa shape index (κ1) is 15.4. The van der Waals surface area contributed by atoms with Crippen LogP contribution in [0, 0.1) is 0 Å². The fourth-order valence-electron chi connectivity index (χ4n) is 1.03. The molecule has 0 amide bonds. The molecule has 0 radical (unpaired) electrons. The molecule has 0 aliphatic heterocycles. The number of esters is 2. The Labute approximate surface area is 101 Å². The molecule has 0 aliphatic rings. The molecule has 0 aromatic rings. The fourth-order valence-corrected chi connectivity index (χ4v) is 1.03. The van der Waals surface area contributed by atoms with Gasteiger partial charge in [0.2, 0.25) is 0 Å². The number of rotatable bonds is 9. The molecule has 0 saturated carbocycles. The van der Waals surface area contributed by atoms with Crippen LogP contribution in [0.4, 0.5) is 0 Å². The zero-order valence-electron chi connectivity index (χ0n) is 9.76. The van der Waals surface area contributed by atoms with Gasteiger partial charge in [-0.3, -0.25) is 0 Å². The first-order valence-corrected chi connectivity index (χ1v) is 5.36. The third-order valence-corrected chi connectivity index (χ3v) is 1.93. The van der Waals surface area contributed by atoms with E-state index >= 15 is 0 Å². The van der Waals surface area contributed by atoms with E-state index in [0.29, 0.717) is 25.9 Å². The van der Waals surface area contributed by atoms with Gasteiger partial charge in [0.1, 0.15) is 6.61 Å². The van der Waals surface area contributed by atoms with E-state index in [1.807, 2.05) is 0 Å². The zero-order chi connectivity index (χ0) is 13.1. The quantitative estimate of drug-likeness (QED) is 0.370. The number of ether oxygens (including phenoxy) is 2. The van der Waals surface area contributed by atoms with E-state index in [-0.39, 0.29) is 6.61 Å².